The summed E-state index contributed by atoms with van der Waals surface area (Å²) in [6.07, 6.45) is 11.3. The number of nitrogens with zero attached hydrogens (tertiary/aromatic N) is 4. The van der Waals surface area contributed by atoms with E-state index in [0.29, 0.717) is 6.42 Å². The van der Waals surface area contributed by atoms with Crippen molar-refractivity contribution in [2.24, 2.45) is 5.92 Å². The zero-order valence-corrected chi connectivity index (χ0v) is 15.7. The molecule has 2 aliphatic carbocycles. The van der Waals surface area contributed by atoms with Crippen LogP contribution in [0.4, 0.5) is 0 Å². The molecule has 7 heteroatoms. The smallest absolute Gasteiger partial charge is 0.222 e. The van der Waals surface area contributed by atoms with Crippen molar-refractivity contribution in [1.82, 2.24) is 19.7 Å². The molecular formula is C19H30N4O3. The molecule has 2 heterocycles. The number of hydrogen-bond acceptors (Lipinski definition) is 5. The number of aryl methyl sites for hydroxylation is 1. The molecule has 4 rings (SSSR count). The van der Waals surface area contributed by atoms with E-state index in [1.54, 1.807) is 18.1 Å². The van der Waals surface area contributed by atoms with Gasteiger partial charge in [-0.05, 0) is 50.9 Å². The van der Waals surface area contributed by atoms with Crippen LogP contribution in [0.2, 0.25) is 0 Å². The van der Waals surface area contributed by atoms with Gasteiger partial charge in [0.2, 0.25) is 5.91 Å². The number of amides is 1. The van der Waals surface area contributed by atoms with Crippen LogP contribution in [-0.2, 0) is 20.8 Å². The summed E-state index contributed by atoms with van der Waals surface area (Å²) in [5, 5.41) is 4.09. The van der Waals surface area contributed by atoms with Crippen molar-refractivity contribution in [3.05, 3.63) is 12.7 Å². The van der Waals surface area contributed by atoms with Gasteiger partial charge in [0, 0.05) is 33.2 Å². The molecule has 1 saturated heterocycles. The van der Waals surface area contributed by atoms with E-state index in [4.69, 9.17) is 9.47 Å². The normalized spacial score (nSPS) is 31.2. The fraction of sp³-hybridized carbons (Fsp3) is 0.842. The first-order chi connectivity index (χ1) is 12.7. The molecule has 1 aliphatic heterocycles. The Hall–Kier alpha value is -1.47. The number of carbonyl (C=O) groups excluding carboxylic acids is 1. The monoisotopic (exact) mass is 362 g/mol. The molecule has 0 N–H and O–H groups in total. The molecule has 3 fully saturated rings. The molecule has 0 spiro atoms. The van der Waals surface area contributed by atoms with Crippen LogP contribution >= 0.6 is 0 Å². The molecule has 7 nitrogen and oxygen atoms in total. The second kappa shape index (κ2) is 7.64. The van der Waals surface area contributed by atoms with Crippen LogP contribution in [0, 0.1) is 5.92 Å². The van der Waals surface area contributed by atoms with Crippen LogP contribution in [-0.4, -0.2) is 63.6 Å². The first kappa shape index (κ1) is 17.9. The fourth-order valence-electron chi connectivity index (χ4n) is 4.55. The van der Waals surface area contributed by atoms with Gasteiger partial charge in [0.25, 0.3) is 0 Å². The highest BCUT2D eigenvalue weighted by Crippen LogP contribution is 2.44. The van der Waals surface area contributed by atoms with E-state index in [1.807, 2.05) is 0 Å². The Labute approximate surface area is 155 Å². The number of methoxy groups -OCH3 is 1. The van der Waals surface area contributed by atoms with Crippen LogP contribution in [0.5, 0.6) is 0 Å². The standard InChI is InChI=1S/C19H30N4O3/c1-25-19-7-6-16(26-12-15-4-5-15)11-17(19)23(10-8-19)18(24)3-2-9-22-14-20-13-21-22/h13-17H,2-12H2,1H3/t16-,17+,19-/m1/s1. The van der Waals surface area contributed by atoms with E-state index in [0.717, 1.165) is 57.7 Å². The van der Waals surface area contributed by atoms with Gasteiger partial charge in [-0.2, -0.15) is 5.10 Å². The molecule has 2 saturated carbocycles. The number of rotatable bonds is 8. The summed E-state index contributed by atoms with van der Waals surface area (Å²) in [7, 11) is 1.80. The van der Waals surface area contributed by atoms with E-state index in [9.17, 15) is 4.79 Å². The summed E-state index contributed by atoms with van der Waals surface area (Å²) in [4.78, 5) is 18.9. The van der Waals surface area contributed by atoms with Crippen molar-refractivity contribution < 1.29 is 14.3 Å². The molecule has 26 heavy (non-hydrogen) atoms. The number of ether oxygens (including phenoxy) is 2. The van der Waals surface area contributed by atoms with Gasteiger partial charge in [-0.3, -0.25) is 9.48 Å². The molecule has 0 radical (unpaired) electrons. The first-order valence-electron chi connectivity index (χ1n) is 9.99. The summed E-state index contributed by atoms with van der Waals surface area (Å²) in [5.74, 6) is 1.01. The van der Waals surface area contributed by atoms with Crippen molar-refractivity contribution in [2.75, 3.05) is 20.3 Å². The Bertz CT molecular complexity index is 604. The van der Waals surface area contributed by atoms with Crippen LogP contribution in [0.1, 0.15) is 51.4 Å². The molecule has 0 aromatic carbocycles. The molecule has 3 aliphatic rings. The minimum atomic E-state index is -0.166. The van der Waals surface area contributed by atoms with Gasteiger partial charge in [-0.25, -0.2) is 4.98 Å². The predicted molar refractivity (Wildman–Crippen MR) is 95.4 cm³/mol. The van der Waals surface area contributed by atoms with Crippen molar-refractivity contribution in [1.29, 1.82) is 0 Å². The molecule has 1 aromatic rings. The van der Waals surface area contributed by atoms with Crippen LogP contribution in [0.25, 0.3) is 0 Å². The first-order valence-corrected chi connectivity index (χ1v) is 9.99. The Kier molecular flexibility index (Phi) is 5.27. The third-order valence-corrected chi connectivity index (χ3v) is 6.37. The highest BCUT2D eigenvalue weighted by molar-refractivity contribution is 5.77. The molecule has 0 bridgehead atoms. The fourth-order valence-corrected chi connectivity index (χ4v) is 4.55. The summed E-state index contributed by atoms with van der Waals surface area (Å²) in [6, 6.07) is 0.157. The molecular weight excluding hydrogens is 332 g/mol. The number of aromatic nitrogens is 3. The second-order valence-electron chi connectivity index (χ2n) is 8.06. The maximum atomic E-state index is 12.9. The predicted octanol–water partition coefficient (Wildman–Crippen LogP) is 2.02. The third kappa shape index (κ3) is 3.78. The highest BCUT2D eigenvalue weighted by Gasteiger charge is 2.52. The van der Waals surface area contributed by atoms with E-state index in [2.05, 4.69) is 15.0 Å². The Balaban J connectivity index is 1.33. The van der Waals surface area contributed by atoms with Gasteiger partial charge in [-0.1, -0.05) is 0 Å². The number of hydrogen-bond donors (Lipinski definition) is 0. The molecule has 1 amide bonds. The summed E-state index contributed by atoms with van der Waals surface area (Å²) in [6.45, 7) is 2.42. The van der Waals surface area contributed by atoms with Crippen LogP contribution in [0.3, 0.4) is 0 Å². The average molecular weight is 362 g/mol. The lowest BCUT2D eigenvalue weighted by molar-refractivity contribution is -0.142. The highest BCUT2D eigenvalue weighted by atomic mass is 16.5. The number of likely N-dealkylation sites (tertiary alicyclic amines) is 1. The molecule has 0 unspecified atom stereocenters. The van der Waals surface area contributed by atoms with Gasteiger partial charge >= 0.3 is 0 Å². The zero-order chi connectivity index (χ0) is 18.0. The van der Waals surface area contributed by atoms with Crippen molar-refractivity contribution >= 4 is 5.91 Å². The van der Waals surface area contributed by atoms with Crippen LogP contribution < -0.4 is 0 Å². The quantitative estimate of drug-likeness (QED) is 0.708. The van der Waals surface area contributed by atoms with Crippen LogP contribution in [0.15, 0.2) is 12.7 Å². The maximum absolute atomic E-state index is 12.9. The van der Waals surface area contributed by atoms with E-state index in [-0.39, 0.29) is 23.7 Å². The molecule has 144 valence electrons. The third-order valence-electron chi connectivity index (χ3n) is 6.37. The van der Waals surface area contributed by atoms with Crippen molar-refractivity contribution in [2.45, 2.75) is 75.7 Å². The lowest BCUT2D eigenvalue weighted by Crippen LogP contribution is -2.53. The lowest BCUT2D eigenvalue weighted by Gasteiger charge is -2.43. The Morgan fingerprint density at radius 1 is 1.31 bits per heavy atom. The van der Waals surface area contributed by atoms with Gasteiger partial charge in [0.05, 0.1) is 17.7 Å². The van der Waals surface area contributed by atoms with Gasteiger partial charge in [-0.15, -0.1) is 0 Å². The van der Waals surface area contributed by atoms with Gasteiger partial charge in [0.1, 0.15) is 12.7 Å². The number of carbonyl (C=O) groups is 1. The molecule has 1 aromatic heterocycles. The summed E-state index contributed by atoms with van der Waals surface area (Å²) in [5.41, 5.74) is -0.166. The SMILES string of the molecule is CO[C@@]12CC[C@@H](OCC3CC3)C[C@@H]1N(C(=O)CCCn1cncn1)CC2. The zero-order valence-electron chi connectivity index (χ0n) is 15.7. The Morgan fingerprint density at radius 3 is 2.92 bits per heavy atom. The Morgan fingerprint density at radius 2 is 2.19 bits per heavy atom. The lowest BCUT2D eigenvalue weighted by atomic mass is 9.79. The summed E-state index contributed by atoms with van der Waals surface area (Å²) < 4.78 is 13.9. The van der Waals surface area contributed by atoms with Gasteiger partial charge < -0.3 is 14.4 Å². The van der Waals surface area contributed by atoms with E-state index in [1.165, 1.54) is 19.2 Å². The van der Waals surface area contributed by atoms with Crippen molar-refractivity contribution in [3.63, 3.8) is 0 Å². The minimum absolute atomic E-state index is 0.157. The molecule has 3 atom stereocenters. The second-order valence-corrected chi connectivity index (χ2v) is 8.06. The minimum Gasteiger partial charge on any atom is -0.378 e. The van der Waals surface area contributed by atoms with Gasteiger partial charge in [0.15, 0.2) is 0 Å². The number of fused-ring (bicyclic) bond motifs is 1. The largest absolute Gasteiger partial charge is 0.378 e. The summed E-state index contributed by atoms with van der Waals surface area (Å²) >= 11 is 0. The van der Waals surface area contributed by atoms with Crippen molar-refractivity contribution in [3.8, 4) is 0 Å². The topological polar surface area (TPSA) is 69.5 Å². The van der Waals surface area contributed by atoms with E-state index >= 15 is 0 Å². The maximum Gasteiger partial charge on any atom is 0.222 e. The van der Waals surface area contributed by atoms with E-state index < -0.39 is 0 Å². The average Bonchev–Trinajstić information content (AvgIpc) is 3.19.